The Kier molecular flexibility index (Phi) is 1.95. The molecule has 0 atom stereocenters. The molecule has 0 unspecified atom stereocenters. The average Bonchev–Trinajstić information content (AvgIpc) is 1.96. The third-order valence-corrected chi connectivity index (χ3v) is 1.41. The van der Waals surface area contributed by atoms with Gasteiger partial charge in [0.2, 0.25) is 0 Å². The van der Waals surface area contributed by atoms with Crippen LogP contribution in [-0.2, 0) is 0 Å². The second-order valence-electron chi connectivity index (χ2n) is 2.29. The molecule has 1 aromatic heterocycles. The van der Waals surface area contributed by atoms with Gasteiger partial charge in [-0.3, -0.25) is 0 Å². The van der Waals surface area contributed by atoms with Crippen LogP contribution in [0.5, 0.6) is 0 Å². The normalized spacial score (nSPS) is 9.83. The lowest BCUT2D eigenvalue weighted by atomic mass is 10.2. The molecule has 0 bridgehead atoms. The molecular weight excluding hydrogens is 163 g/mol. The number of nitrogens with two attached hydrogens (primary N) is 1. The molecule has 0 aliphatic carbocycles. The molecule has 12 heavy (non-hydrogen) atoms. The lowest BCUT2D eigenvalue weighted by Crippen LogP contribution is -2.06. The monoisotopic (exact) mass is 170 g/mol. The molecule has 0 amide bonds. The van der Waals surface area contributed by atoms with Gasteiger partial charge in [-0.25, -0.2) is 14.2 Å². The molecule has 0 saturated heterocycles. The summed E-state index contributed by atoms with van der Waals surface area (Å²) in [5.74, 6) is -2.11. The topological polar surface area (TPSA) is 76.2 Å². The van der Waals surface area contributed by atoms with Crippen LogP contribution >= 0.6 is 0 Å². The first-order valence-corrected chi connectivity index (χ1v) is 3.18. The summed E-state index contributed by atoms with van der Waals surface area (Å²) in [6.07, 6.45) is 0. The highest BCUT2D eigenvalue weighted by Crippen LogP contribution is 2.12. The van der Waals surface area contributed by atoms with E-state index in [1.165, 1.54) is 6.92 Å². The molecule has 0 aromatic carbocycles. The number of nitrogens with zero attached hydrogens (tertiary/aromatic N) is 1. The van der Waals surface area contributed by atoms with Crippen LogP contribution in [0.2, 0.25) is 0 Å². The van der Waals surface area contributed by atoms with Crippen LogP contribution in [0, 0.1) is 12.7 Å². The van der Waals surface area contributed by atoms with E-state index in [2.05, 4.69) is 4.98 Å². The predicted octanol–water partition coefficient (Wildman–Crippen LogP) is 0.810. The molecule has 64 valence electrons. The molecule has 0 aliphatic heterocycles. The molecule has 0 radical (unpaired) electrons. The SMILES string of the molecule is Cc1nc(N)c(C(=O)O)cc1F. The fourth-order valence-electron chi connectivity index (χ4n) is 0.771. The minimum absolute atomic E-state index is 0.0949. The zero-order valence-corrected chi connectivity index (χ0v) is 6.34. The first-order valence-electron chi connectivity index (χ1n) is 3.18. The molecule has 5 heteroatoms. The molecule has 0 spiro atoms. The summed E-state index contributed by atoms with van der Waals surface area (Å²) in [6.45, 7) is 1.41. The van der Waals surface area contributed by atoms with Crippen molar-refractivity contribution in [1.82, 2.24) is 4.98 Å². The quantitative estimate of drug-likeness (QED) is 0.653. The first kappa shape index (κ1) is 8.45. The van der Waals surface area contributed by atoms with Crippen molar-refractivity contribution in [1.29, 1.82) is 0 Å². The van der Waals surface area contributed by atoms with Gasteiger partial charge in [-0.05, 0) is 13.0 Å². The van der Waals surface area contributed by atoms with Crippen molar-refractivity contribution in [2.45, 2.75) is 6.92 Å². The fourth-order valence-corrected chi connectivity index (χ4v) is 0.771. The number of hydrogen-bond acceptors (Lipinski definition) is 3. The van der Waals surface area contributed by atoms with E-state index in [1.807, 2.05) is 0 Å². The van der Waals surface area contributed by atoms with Gasteiger partial charge < -0.3 is 10.8 Å². The van der Waals surface area contributed by atoms with Crippen molar-refractivity contribution in [3.63, 3.8) is 0 Å². The molecule has 1 rings (SSSR count). The van der Waals surface area contributed by atoms with E-state index in [1.54, 1.807) is 0 Å². The largest absolute Gasteiger partial charge is 0.478 e. The number of rotatable bonds is 1. The van der Waals surface area contributed by atoms with Crippen LogP contribution in [-0.4, -0.2) is 16.1 Å². The fraction of sp³-hybridized carbons (Fsp3) is 0.143. The van der Waals surface area contributed by atoms with Gasteiger partial charge in [-0.2, -0.15) is 0 Å². The number of aromatic carboxylic acids is 1. The third kappa shape index (κ3) is 1.34. The maximum atomic E-state index is 12.7. The van der Waals surface area contributed by atoms with E-state index in [0.29, 0.717) is 0 Å². The van der Waals surface area contributed by atoms with Gasteiger partial charge in [0.05, 0.1) is 5.69 Å². The number of carboxylic acids is 1. The number of carboxylic acid groups (broad SMARTS) is 1. The maximum Gasteiger partial charge on any atom is 0.339 e. The molecule has 4 nitrogen and oxygen atoms in total. The molecule has 0 aliphatic rings. The molecule has 3 N–H and O–H groups in total. The highest BCUT2D eigenvalue weighted by atomic mass is 19.1. The summed E-state index contributed by atoms with van der Waals surface area (Å²) in [7, 11) is 0. The van der Waals surface area contributed by atoms with Crippen molar-refractivity contribution >= 4 is 11.8 Å². The van der Waals surface area contributed by atoms with E-state index >= 15 is 0 Å². The summed E-state index contributed by atoms with van der Waals surface area (Å²) >= 11 is 0. The van der Waals surface area contributed by atoms with Gasteiger partial charge in [0, 0.05) is 0 Å². The molecule has 1 heterocycles. The Morgan fingerprint density at radius 2 is 2.33 bits per heavy atom. The van der Waals surface area contributed by atoms with Crippen molar-refractivity contribution in [3.8, 4) is 0 Å². The Morgan fingerprint density at radius 1 is 1.75 bits per heavy atom. The number of pyridine rings is 1. The zero-order valence-electron chi connectivity index (χ0n) is 6.34. The number of carbonyl (C=O) groups is 1. The highest BCUT2D eigenvalue weighted by molar-refractivity contribution is 5.92. The number of anilines is 1. The van der Waals surface area contributed by atoms with Crippen LogP contribution in [0.25, 0.3) is 0 Å². The van der Waals surface area contributed by atoms with Gasteiger partial charge in [0.25, 0.3) is 0 Å². The van der Waals surface area contributed by atoms with Crippen LogP contribution < -0.4 is 5.73 Å². The lowest BCUT2D eigenvalue weighted by Gasteiger charge is -2.01. The summed E-state index contributed by atoms with van der Waals surface area (Å²) in [5, 5.41) is 8.49. The Morgan fingerprint density at radius 3 is 2.83 bits per heavy atom. The zero-order chi connectivity index (χ0) is 9.30. The summed E-state index contributed by atoms with van der Waals surface area (Å²) in [6, 6.07) is 0.861. The molecular formula is C7H7FN2O2. The van der Waals surface area contributed by atoms with Crippen LogP contribution in [0.3, 0.4) is 0 Å². The standard InChI is InChI=1S/C7H7FN2O2/c1-3-5(8)2-4(7(11)12)6(9)10-3/h2H,1H3,(H2,9,10)(H,11,12). The predicted molar refractivity (Wildman–Crippen MR) is 40.3 cm³/mol. The lowest BCUT2D eigenvalue weighted by molar-refractivity contribution is 0.0697. The van der Waals surface area contributed by atoms with E-state index in [4.69, 9.17) is 10.8 Å². The van der Waals surface area contributed by atoms with Crippen LogP contribution in [0.15, 0.2) is 6.07 Å². The van der Waals surface area contributed by atoms with Crippen LogP contribution in [0.4, 0.5) is 10.2 Å². The third-order valence-electron chi connectivity index (χ3n) is 1.41. The first-order chi connectivity index (χ1) is 5.52. The second kappa shape index (κ2) is 2.77. The number of hydrogen-bond donors (Lipinski definition) is 2. The minimum atomic E-state index is -1.28. The van der Waals surface area contributed by atoms with E-state index < -0.39 is 11.8 Å². The Hall–Kier alpha value is -1.65. The Bertz CT molecular complexity index is 338. The van der Waals surface area contributed by atoms with Crippen molar-refractivity contribution < 1.29 is 14.3 Å². The van der Waals surface area contributed by atoms with Gasteiger partial charge in [0.1, 0.15) is 17.2 Å². The Labute approximate surface area is 67.8 Å². The van der Waals surface area contributed by atoms with Gasteiger partial charge >= 0.3 is 5.97 Å². The maximum absolute atomic E-state index is 12.7. The minimum Gasteiger partial charge on any atom is -0.478 e. The van der Waals surface area contributed by atoms with E-state index in [-0.39, 0.29) is 17.1 Å². The van der Waals surface area contributed by atoms with Crippen molar-refractivity contribution in [2.75, 3.05) is 5.73 Å². The van der Waals surface area contributed by atoms with Crippen LogP contribution in [0.1, 0.15) is 16.1 Å². The number of aryl methyl sites for hydroxylation is 1. The number of aromatic nitrogens is 1. The van der Waals surface area contributed by atoms with Crippen molar-refractivity contribution in [2.24, 2.45) is 0 Å². The average molecular weight is 170 g/mol. The van der Waals surface area contributed by atoms with Gasteiger partial charge in [-0.15, -0.1) is 0 Å². The van der Waals surface area contributed by atoms with E-state index in [0.717, 1.165) is 6.07 Å². The van der Waals surface area contributed by atoms with E-state index in [9.17, 15) is 9.18 Å². The molecule has 0 saturated carbocycles. The number of nitrogen functional groups attached to an aromatic ring is 1. The highest BCUT2D eigenvalue weighted by Gasteiger charge is 2.11. The Balaban J connectivity index is 3.33. The molecule has 1 aromatic rings. The molecule has 0 fully saturated rings. The summed E-state index contributed by atoms with van der Waals surface area (Å²) in [4.78, 5) is 13.9. The number of halogens is 1. The van der Waals surface area contributed by atoms with Crippen molar-refractivity contribution in [3.05, 3.63) is 23.1 Å². The van der Waals surface area contributed by atoms with Gasteiger partial charge in [-0.1, -0.05) is 0 Å². The second-order valence-corrected chi connectivity index (χ2v) is 2.29. The summed E-state index contributed by atoms with van der Waals surface area (Å²) in [5.41, 5.74) is 5.02. The summed E-state index contributed by atoms with van der Waals surface area (Å²) < 4.78 is 12.7. The van der Waals surface area contributed by atoms with Gasteiger partial charge in [0.15, 0.2) is 0 Å². The smallest absolute Gasteiger partial charge is 0.339 e.